The van der Waals surface area contributed by atoms with E-state index in [0.29, 0.717) is 0 Å². The molecule has 0 aliphatic carbocycles. The maximum Gasteiger partial charge on any atom is 0.0812 e. The van der Waals surface area contributed by atoms with Crippen molar-refractivity contribution in [2.75, 3.05) is 0 Å². The fraction of sp³-hybridized carbons (Fsp3) is 0.364. The van der Waals surface area contributed by atoms with Gasteiger partial charge < -0.3 is 0 Å². The van der Waals surface area contributed by atoms with Gasteiger partial charge >= 0.3 is 0 Å². The lowest BCUT2D eigenvalue weighted by Crippen LogP contribution is -2.22. The molecule has 0 bridgehead atoms. The smallest absolute Gasteiger partial charge is 0.0812 e. The van der Waals surface area contributed by atoms with Crippen molar-refractivity contribution >= 4 is 27.3 Å². The van der Waals surface area contributed by atoms with Crippen LogP contribution in [0, 0.1) is 0 Å². The quantitative estimate of drug-likeness (QED) is 0.651. The van der Waals surface area contributed by atoms with Crippen LogP contribution in [0.3, 0.4) is 0 Å². The zero-order valence-corrected chi connectivity index (χ0v) is 9.64. The highest BCUT2D eigenvalue weighted by Gasteiger charge is 2.32. The highest BCUT2D eigenvalue weighted by atomic mass is 79.9. The van der Waals surface area contributed by atoms with Crippen LogP contribution in [0.4, 0.5) is 5.69 Å². The van der Waals surface area contributed by atoms with Crippen molar-refractivity contribution in [3.8, 4) is 0 Å². The molecule has 1 aliphatic heterocycles. The van der Waals surface area contributed by atoms with E-state index < -0.39 is 0 Å². The number of rotatable bonds is 0. The molecule has 0 N–H and O–H groups in total. The van der Waals surface area contributed by atoms with Gasteiger partial charge in [-0.3, -0.25) is 4.99 Å². The minimum atomic E-state index is 0.0963. The lowest BCUT2D eigenvalue weighted by atomic mass is 9.82. The summed E-state index contributed by atoms with van der Waals surface area (Å²) in [7, 11) is 0. The molecule has 0 saturated carbocycles. The van der Waals surface area contributed by atoms with E-state index in [9.17, 15) is 0 Å². The van der Waals surface area contributed by atoms with Crippen LogP contribution >= 0.6 is 15.9 Å². The normalized spacial score (nSPS) is 18.3. The Labute approximate surface area is 87.0 Å². The summed E-state index contributed by atoms with van der Waals surface area (Å²) >= 11 is 3.52. The number of fused-ring (bicyclic) bond motifs is 1. The molecule has 0 unspecified atom stereocenters. The summed E-state index contributed by atoms with van der Waals surface area (Å²) in [6.07, 6.45) is 0. The van der Waals surface area contributed by atoms with E-state index in [-0.39, 0.29) is 5.41 Å². The van der Waals surface area contributed by atoms with Gasteiger partial charge in [-0.1, -0.05) is 26.0 Å². The summed E-state index contributed by atoms with van der Waals surface area (Å²) in [4.78, 5) is 4.57. The molecule has 1 heterocycles. The van der Waals surface area contributed by atoms with Crippen molar-refractivity contribution in [1.29, 1.82) is 0 Å². The van der Waals surface area contributed by atoms with Crippen LogP contribution in [0.5, 0.6) is 0 Å². The van der Waals surface area contributed by atoms with Crippen LogP contribution in [0.1, 0.15) is 26.3 Å². The molecule has 0 spiro atoms. The molecular formula is C11H12BrN. The van der Waals surface area contributed by atoms with Gasteiger partial charge in [0.05, 0.1) is 5.69 Å². The number of nitrogens with zero attached hydrogens (tertiary/aromatic N) is 1. The van der Waals surface area contributed by atoms with Gasteiger partial charge in [0, 0.05) is 15.6 Å². The van der Waals surface area contributed by atoms with Gasteiger partial charge in [-0.15, -0.1) is 0 Å². The van der Waals surface area contributed by atoms with Crippen LogP contribution in [-0.2, 0) is 5.41 Å². The Kier molecular flexibility index (Phi) is 1.84. The summed E-state index contributed by atoms with van der Waals surface area (Å²) in [5.74, 6) is 0. The predicted molar refractivity (Wildman–Crippen MR) is 59.9 cm³/mol. The van der Waals surface area contributed by atoms with E-state index in [4.69, 9.17) is 0 Å². The van der Waals surface area contributed by atoms with Crippen molar-refractivity contribution in [1.82, 2.24) is 0 Å². The third-order valence-electron chi connectivity index (χ3n) is 2.84. The van der Waals surface area contributed by atoms with Crippen molar-refractivity contribution < 1.29 is 0 Å². The Morgan fingerprint density at radius 3 is 2.62 bits per heavy atom. The van der Waals surface area contributed by atoms with Gasteiger partial charge in [-0.2, -0.15) is 0 Å². The molecule has 1 nitrogen and oxygen atoms in total. The zero-order chi connectivity index (χ0) is 9.64. The van der Waals surface area contributed by atoms with E-state index >= 15 is 0 Å². The molecule has 2 heteroatoms. The molecule has 0 radical (unpaired) electrons. The molecule has 1 aliphatic rings. The lowest BCUT2D eigenvalue weighted by molar-refractivity contribution is 0.733. The predicted octanol–water partition coefficient (Wildman–Crippen LogP) is 3.83. The second-order valence-electron chi connectivity index (χ2n) is 3.96. The second kappa shape index (κ2) is 2.68. The summed E-state index contributed by atoms with van der Waals surface area (Å²) in [5, 5.41) is 0. The van der Waals surface area contributed by atoms with Crippen LogP contribution < -0.4 is 0 Å². The molecule has 68 valence electrons. The highest BCUT2D eigenvalue weighted by Crippen LogP contribution is 2.43. The molecule has 1 aromatic carbocycles. The topological polar surface area (TPSA) is 12.4 Å². The molecule has 0 saturated heterocycles. The van der Waals surface area contributed by atoms with Crippen molar-refractivity contribution in [3.63, 3.8) is 0 Å². The molecule has 13 heavy (non-hydrogen) atoms. The van der Waals surface area contributed by atoms with E-state index in [2.05, 4.69) is 53.8 Å². The molecule has 0 atom stereocenters. The van der Waals surface area contributed by atoms with Crippen LogP contribution in [-0.4, -0.2) is 5.71 Å². The molecule has 0 fully saturated rings. The minimum absolute atomic E-state index is 0.0963. The zero-order valence-electron chi connectivity index (χ0n) is 8.06. The Hall–Kier alpha value is -0.630. The SMILES string of the molecule is CC1=Nc2c(Br)cccc2C1(C)C. The maximum atomic E-state index is 4.57. The van der Waals surface area contributed by atoms with Crippen LogP contribution in [0.2, 0.25) is 0 Å². The first-order valence-electron chi connectivity index (χ1n) is 4.38. The first kappa shape index (κ1) is 8.95. The minimum Gasteiger partial charge on any atom is -0.256 e. The number of halogens is 1. The van der Waals surface area contributed by atoms with Gasteiger partial charge in [-0.05, 0) is 34.5 Å². The summed E-state index contributed by atoms with van der Waals surface area (Å²) in [6.45, 7) is 6.51. The number of aliphatic imine (C=N–C) groups is 1. The Morgan fingerprint density at radius 1 is 1.31 bits per heavy atom. The van der Waals surface area contributed by atoms with Gasteiger partial charge in [0.25, 0.3) is 0 Å². The van der Waals surface area contributed by atoms with Crippen LogP contribution in [0.25, 0.3) is 0 Å². The van der Waals surface area contributed by atoms with Crippen molar-refractivity contribution in [2.24, 2.45) is 4.99 Å². The highest BCUT2D eigenvalue weighted by molar-refractivity contribution is 9.10. The fourth-order valence-corrected chi connectivity index (χ4v) is 2.09. The first-order chi connectivity index (χ1) is 6.03. The van der Waals surface area contributed by atoms with Crippen molar-refractivity contribution in [3.05, 3.63) is 28.2 Å². The lowest BCUT2D eigenvalue weighted by Gasteiger charge is -2.19. The third-order valence-corrected chi connectivity index (χ3v) is 3.48. The van der Waals surface area contributed by atoms with Crippen LogP contribution in [0.15, 0.2) is 27.7 Å². The standard InChI is InChI=1S/C11H12BrN/c1-7-11(2,3)8-5-4-6-9(12)10(8)13-7/h4-6H,1-3H3. The molecule has 0 amide bonds. The fourth-order valence-electron chi connectivity index (χ4n) is 1.64. The molecule has 0 aromatic heterocycles. The Balaban J connectivity index is 2.71. The van der Waals surface area contributed by atoms with Gasteiger partial charge in [-0.25, -0.2) is 0 Å². The number of hydrogen-bond acceptors (Lipinski definition) is 1. The van der Waals surface area contributed by atoms with E-state index in [0.717, 1.165) is 10.2 Å². The average Bonchev–Trinajstić information content (AvgIpc) is 2.28. The summed E-state index contributed by atoms with van der Waals surface area (Å²) in [6, 6.07) is 6.26. The number of benzene rings is 1. The Bertz CT molecular complexity index is 391. The average molecular weight is 238 g/mol. The second-order valence-corrected chi connectivity index (χ2v) is 4.81. The number of para-hydroxylation sites is 1. The largest absolute Gasteiger partial charge is 0.256 e. The molecule has 2 rings (SSSR count). The monoisotopic (exact) mass is 237 g/mol. The van der Waals surface area contributed by atoms with Gasteiger partial charge in [0.15, 0.2) is 0 Å². The molecule has 1 aromatic rings. The van der Waals surface area contributed by atoms with E-state index in [1.165, 1.54) is 11.3 Å². The maximum absolute atomic E-state index is 4.57. The van der Waals surface area contributed by atoms with Gasteiger partial charge in [0.1, 0.15) is 0 Å². The Morgan fingerprint density at radius 2 is 2.00 bits per heavy atom. The summed E-state index contributed by atoms with van der Waals surface area (Å²) in [5.41, 5.74) is 3.71. The first-order valence-corrected chi connectivity index (χ1v) is 5.17. The third kappa shape index (κ3) is 1.16. The van der Waals surface area contributed by atoms with E-state index in [1.807, 2.05) is 6.07 Å². The molecular weight excluding hydrogens is 226 g/mol. The number of hydrogen-bond donors (Lipinski definition) is 0. The van der Waals surface area contributed by atoms with Crippen molar-refractivity contribution in [2.45, 2.75) is 26.2 Å². The van der Waals surface area contributed by atoms with Gasteiger partial charge in [0.2, 0.25) is 0 Å². The van der Waals surface area contributed by atoms with E-state index in [1.54, 1.807) is 0 Å². The summed E-state index contributed by atoms with van der Waals surface area (Å²) < 4.78 is 1.09.